The van der Waals surface area contributed by atoms with Crippen molar-refractivity contribution in [1.29, 1.82) is 0 Å². The van der Waals surface area contributed by atoms with E-state index in [1.54, 1.807) is 37.3 Å². The van der Waals surface area contributed by atoms with Gasteiger partial charge in [-0.25, -0.2) is 4.79 Å². The number of carbonyl (C=O) groups is 2. The standard InChI is InChI=1S/C18H17N3O5/c1-12-7-9-14(10-8-12)18(23)20-26-17(22)11-13(2)19-15-5-3-4-6-16(15)21(24)25/h3-11,19H,1-2H3,(H,20,23). The zero-order chi connectivity index (χ0) is 19.1. The van der Waals surface area contributed by atoms with Crippen LogP contribution >= 0.6 is 0 Å². The number of para-hydroxylation sites is 2. The maximum Gasteiger partial charge on any atom is 0.357 e. The van der Waals surface area contributed by atoms with E-state index in [9.17, 15) is 19.7 Å². The molecule has 0 bridgehead atoms. The van der Waals surface area contributed by atoms with Gasteiger partial charge in [-0.15, -0.1) is 0 Å². The monoisotopic (exact) mass is 355 g/mol. The number of anilines is 1. The fourth-order valence-corrected chi connectivity index (χ4v) is 2.05. The van der Waals surface area contributed by atoms with Crippen molar-refractivity contribution in [3.05, 3.63) is 81.5 Å². The predicted octanol–water partition coefficient (Wildman–Crippen LogP) is 3.11. The Kier molecular flexibility index (Phi) is 6.05. The molecule has 0 unspecified atom stereocenters. The highest BCUT2D eigenvalue weighted by Gasteiger charge is 2.13. The molecule has 0 aliphatic rings. The molecule has 8 heteroatoms. The lowest BCUT2D eigenvalue weighted by Crippen LogP contribution is -2.26. The first-order valence-corrected chi connectivity index (χ1v) is 7.63. The Hall–Kier alpha value is -3.68. The van der Waals surface area contributed by atoms with Crippen LogP contribution in [0.4, 0.5) is 11.4 Å². The van der Waals surface area contributed by atoms with Crippen LogP contribution in [0.3, 0.4) is 0 Å². The molecule has 26 heavy (non-hydrogen) atoms. The smallest absolute Gasteiger partial charge is 0.353 e. The van der Waals surface area contributed by atoms with Gasteiger partial charge in [0.15, 0.2) is 0 Å². The number of amides is 1. The molecule has 8 nitrogen and oxygen atoms in total. The van der Waals surface area contributed by atoms with Crippen molar-refractivity contribution < 1.29 is 19.3 Å². The third-order valence-electron chi connectivity index (χ3n) is 3.33. The number of nitrogens with one attached hydrogen (secondary N) is 2. The molecule has 134 valence electrons. The van der Waals surface area contributed by atoms with E-state index in [1.807, 2.05) is 12.4 Å². The number of hydrogen-bond donors (Lipinski definition) is 2. The van der Waals surface area contributed by atoms with Crippen LogP contribution in [0.1, 0.15) is 22.8 Å². The zero-order valence-electron chi connectivity index (χ0n) is 14.2. The highest BCUT2D eigenvalue weighted by molar-refractivity contribution is 5.95. The van der Waals surface area contributed by atoms with E-state index in [0.717, 1.165) is 11.6 Å². The number of hydroxylamine groups is 1. The molecule has 2 N–H and O–H groups in total. The molecule has 0 aromatic heterocycles. The van der Waals surface area contributed by atoms with Gasteiger partial charge in [0.05, 0.1) is 4.92 Å². The summed E-state index contributed by atoms with van der Waals surface area (Å²) in [5.74, 6) is -1.38. The lowest BCUT2D eigenvalue weighted by molar-refractivity contribution is -0.383. The lowest BCUT2D eigenvalue weighted by Gasteiger charge is -2.07. The van der Waals surface area contributed by atoms with Crippen LogP contribution in [-0.4, -0.2) is 16.8 Å². The summed E-state index contributed by atoms with van der Waals surface area (Å²) in [4.78, 5) is 38.7. The van der Waals surface area contributed by atoms with E-state index in [-0.39, 0.29) is 11.4 Å². The number of hydrogen-bond acceptors (Lipinski definition) is 6. The third kappa shape index (κ3) is 5.17. The van der Waals surface area contributed by atoms with Crippen LogP contribution in [0.5, 0.6) is 0 Å². The Balaban J connectivity index is 1.94. The Bertz CT molecular complexity index is 859. The summed E-state index contributed by atoms with van der Waals surface area (Å²) in [6.45, 7) is 3.43. The first-order chi connectivity index (χ1) is 12.4. The minimum Gasteiger partial charge on any atom is -0.353 e. The van der Waals surface area contributed by atoms with Gasteiger partial charge in [0, 0.05) is 23.4 Å². The lowest BCUT2D eigenvalue weighted by atomic mass is 10.1. The number of aryl methyl sites for hydroxylation is 1. The second kappa shape index (κ2) is 8.43. The molecule has 0 fully saturated rings. The van der Waals surface area contributed by atoms with Crippen LogP contribution in [0.15, 0.2) is 60.3 Å². The fourth-order valence-electron chi connectivity index (χ4n) is 2.05. The first-order valence-electron chi connectivity index (χ1n) is 7.63. The van der Waals surface area contributed by atoms with Gasteiger partial charge < -0.3 is 10.2 Å². The van der Waals surface area contributed by atoms with Gasteiger partial charge >= 0.3 is 5.97 Å². The van der Waals surface area contributed by atoms with E-state index in [0.29, 0.717) is 11.3 Å². The van der Waals surface area contributed by atoms with Gasteiger partial charge in [0.2, 0.25) is 0 Å². The predicted molar refractivity (Wildman–Crippen MR) is 95.2 cm³/mol. The van der Waals surface area contributed by atoms with Crippen LogP contribution in [0, 0.1) is 17.0 Å². The van der Waals surface area contributed by atoms with E-state index in [1.165, 1.54) is 18.2 Å². The molecule has 0 aliphatic heterocycles. The largest absolute Gasteiger partial charge is 0.357 e. The van der Waals surface area contributed by atoms with Gasteiger partial charge in [-0.1, -0.05) is 29.8 Å². The molecule has 2 aromatic carbocycles. The van der Waals surface area contributed by atoms with Crippen molar-refractivity contribution in [3.8, 4) is 0 Å². The van der Waals surface area contributed by atoms with Gasteiger partial charge in [-0.05, 0) is 32.0 Å². The molecule has 2 aromatic rings. The Morgan fingerprint density at radius 1 is 1.12 bits per heavy atom. The molecule has 0 radical (unpaired) electrons. The van der Waals surface area contributed by atoms with E-state index in [4.69, 9.17) is 0 Å². The van der Waals surface area contributed by atoms with Crippen LogP contribution < -0.4 is 10.8 Å². The number of nitro benzene ring substituents is 1. The molecule has 1 amide bonds. The summed E-state index contributed by atoms with van der Waals surface area (Å²) in [5, 5.41) is 13.7. The van der Waals surface area contributed by atoms with Crippen molar-refractivity contribution in [3.63, 3.8) is 0 Å². The van der Waals surface area contributed by atoms with Crippen LogP contribution in [-0.2, 0) is 9.63 Å². The molecule has 0 spiro atoms. The summed E-state index contributed by atoms with van der Waals surface area (Å²) in [6, 6.07) is 12.8. The molecular weight excluding hydrogens is 338 g/mol. The highest BCUT2D eigenvalue weighted by Crippen LogP contribution is 2.24. The second-order valence-electron chi connectivity index (χ2n) is 5.44. The Morgan fingerprint density at radius 2 is 1.77 bits per heavy atom. The topological polar surface area (TPSA) is 111 Å². The third-order valence-corrected chi connectivity index (χ3v) is 3.33. The van der Waals surface area contributed by atoms with Gasteiger partial charge in [-0.3, -0.25) is 14.9 Å². The summed E-state index contributed by atoms with van der Waals surface area (Å²) >= 11 is 0. The van der Waals surface area contributed by atoms with E-state index in [2.05, 4.69) is 10.2 Å². The number of nitro groups is 1. The zero-order valence-corrected chi connectivity index (χ0v) is 14.2. The van der Waals surface area contributed by atoms with Crippen molar-refractivity contribution in [1.82, 2.24) is 5.48 Å². The van der Waals surface area contributed by atoms with Gasteiger partial charge in [-0.2, -0.15) is 5.48 Å². The van der Waals surface area contributed by atoms with E-state index >= 15 is 0 Å². The minimum atomic E-state index is -0.825. The molecule has 2 rings (SSSR count). The summed E-state index contributed by atoms with van der Waals surface area (Å²) in [6.07, 6.45) is 1.08. The average Bonchev–Trinajstić information content (AvgIpc) is 2.60. The maximum absolute atomic E-state index is 11.9. The number of rotatable bonds is 5. The Labute approximate surface area is 149 Å². The van der Waals surface area contributed by atoms with Gasteiger partial charge in [0.25, 0.3) is 11.6 Å². The van der Waals surface area contributed by atoms with Gasteiger partial charge in [0.1, 0.15) is 5.69 Å². The quantitative estimate of drug-likeness (QED) is 0.484. The average molecular weight is 355 g/mol. The minimum absolute atomic E-state index is 0.124. The van der Waals surface area contributed by atoms with Crippen molar-refractivity contribution in [2.45, 2.75) is 13.8 Å². The number of benzene rings is 2. The molecule has 0 saturated carbocycles. The molecule has 0 atom stereocenters. The van der Waals surface area contributed by atoms with Crippen molar-refractivity contribution in [2.75, 3.05) is 5.32 Å². The SMILES string of the molecule is CC(=CC(=O)ONC(=O)c1ccc(C)cc1)Nc1ccccc1[N+](=O)[O-]. The van der Waals surface area contributed by atoms with Crippen molar-refractivity contribution >= 4 is 23.3 Å². The normalized spacial score (nSPS) is 10.8. The van der Waals surface area contributed by atoms with Crippen LogP contribution in [0.25, 0.3) is 0 Å². The molecule has 0 saturated heterocycles. The van der Waals surface area contributed by atoms with Crippen LogP contribution in [0.2, 0.25) is 0 Å². The number of allylic oxidation sites excluding steroid dienone is 1. The van der Waals surface area contributed by atoms with E-state index < -0.39 is 16.8 Å². The Morgan fingerprint density at radius 3 is 2.42 bits per heavy atom. The number of carbonyl (C=O) groups excluding carboxylic acids is 2. The maximum atomic E-state index is 11.9. The fraction of sp³-hybridized carbons (Fsp3) is 0.111. The highest BCUT2D eigenvalue weighted by atomic mass is 16.7. The molecular formula is C18H17N3O5. The second-order valence-corrected chi connectivity index (χ2v) is 5.44. The molecule has 0 heterocycles. The summed E-state index contributed by atoms with van der Waals surface area (Å²) in [5.41, 5.74) is 3.82. The summed E-state index contributed by atoms with van der Waals surface area (Å²) < 4.78 is 0. The molecule has 0 aliphatic carbocycles. The number of nitrogens with zero attached hydrogens (tertiary/aromatic N) is 1. The first kappa shape index (κ1) is 18.7. The summed E-state index contributed by atoms with van der Waals surface area (Å²) in [7, 11) is 0. The van der Waals surface area contributed by atoms with Crippen molar-refractivity contribution in [2.24, 2.45) is 0 Å².